The standard InChI is InChI=1S/C17H24N4O3S/c1-2-3-4-5-15-19-20-17(25-15)18-16(22)13-10-14(24-12-13)11-21-6-8-23-9-7-21/h10,12H,2-9,11H2,1H3,(H,18,20,22). The molecule has 1 saturated heterocycles. The van der Waals surface area contributed by atoms with Gasteiger partial charge >= 0.3 is 0 Å². The monoisotopic (exact) mass is 364 g/mol. The molecule has 0 radical (unpaired) electrons. The minimum atomic E-state index is -0.215. The quantitative estimate of drug-likeness (QED) is 0.726. The van der Waals surface area contributed by atoms with Crippen molar-refractivity contribution in [1.82, 2.24) is 15.1 Å². The summed E-state index contributed by atoms with van der Waals surface area (Å²) < 4.78 is 10.9. The van der Waals surface area contributed by atoms with Crippen molar-refractivity contribution in [2.75, 3.05) is 31.6 Å². The van der Waals surface area contributed by atoms with Gasteiger partial charge in [-0.2, -0.15) is 0 Å². The van der Waals surface area contributed by atoms with Gasteiger partial charge in [0, 0.05) is 19.5 Å². The minimum Gasteiger partial charge on any atom is -0.467 e. The third-order valence-electron chi connectivity index (χ3n) is 4.08. The first-order valence-electron chi connectivity index (χ1n) is 8.76. The fraction of sp³-hybridized carbons (Fsp3) is 0.588. The van der Waals surface area contributed by atoms with Crippen LogP contribution < -0.4 is 5.32 Å². The summed E-state index contributed by atoms with van der Waals surface area (Å²) >= 11 is 1.43. The zero-order valence-electron chi connectivity index (χ0n) is 14.5. The van der Waals surface area contributed by atoms with Crippen LogP contribution in [-0.4, -0.2) is 47.3 Å². The maximum absolute atomic E-state index is 12.3. The van der Waals surface area contributed by atoms with E-state index < -0.39 is 0 Å². The Labute approximate surface area is 151 Å². The molecule has 1 fully saturated rings. The van der Waals surface area contributed by atoms with E-state index in [1.54, 1.807) is 6.07 Å². The second-order valence-corrected chi connectivity index (χ2v) is 7.16. The largest absolute Gasteiger partial charge is 0.467 e. The van der Waals surface area contributed by atoms with Crippen LogP contribution in [0.5, 0.6) is 0 Å². The zero-order chi connectivity index (χ0) is 17.5. The fourth-order valence-electron chi connectivity index (χ4n) is 2.66. The lowest BCUT2D eigenvalue weighted by molar-refractivity contribution is 0.0313. The molecule has 1 amide bonds. The van der Waals surface area contributed by atoms with Crippen LogP contribution >= 0.6 is 11.3 Å². The van der Waals surface area contributed by atoms with Crippen molar-refractivity contribution in [3.8, 4) is 0 Å². The highest BCUT2D eigenvalue weighted by atomic mass is 32.1. The number of ether oxygens (including phenoxy) is 1. The van der Waals surface area contributed by atoms with Gasteiger partial charge in [0.1, 0.15) is 17.0 Å². The van der Waals surface area contributed by atoms with Crippen LogP contribution in [-0.2, 0) is 17.7 Å². The number of morpholine rings is 1. The molecule has 0 spiro atoms. The molecule has 1 aliphatic rings. The van der Waals surface area contributed by atoms with E-state index in [-0.39, 0.29) is 5.91 Å². The van der Waals surface area contributed by atoms with E-state index in [9.17, 15) is 4.79 Å². The number of nitrogens with one attached hydrogen (secondary N) is 1. The predicted molar refractivity (Wildman–Crippen MR) is 95.9 cm³/mol. The SMILES string of the molecule is CCCCCc1nnc(NC(=O)c2coc(CN3CCOCC3)c2)s1. The van der Waals surface area contributed by atoms with Crippen LogP contribution in [0.4, 0.5) is 5.13 Å². The maximum atomic E-state index is 12.3. The van der Waals surface area contributed by atoms with Gasteiger partial charge in [-0.25, -0.2) is 0 Å². The number of unbranched alkanes of at least 4 members (excludes halogenated alkanes) is 2. The van der Waals surface area contributed by atoms with Gasteiger partial charge in [0.25, 0.3) is 5.91 Å². The lowest BCUT2D eigenvalue weighted by Crippen LogP contribution is -2.35. The molecule has 1 aliphatic heterocycles. The summed E-state index contributed by atoms with van der Waals surface area (Å²) in [5, 5.41) is 12.5. The smallest absolute Gasteiger partial charge is 0.260 e. The van der Waals surface area contributed by atoms with Crippen molar-refractivity contribution in [2.24, 2.45) is 0 Å². The second-order valence-electron chi connectivity index (χ2n) is 6.10. The van der Waals surface area contributed by atoms with Gasteiger partial charge in [0.15, 0.2) is 0 Å². The molecule has 7 nitrogen and oxygen atoms in total. The van der Waals surface area contributed by atoms with E-state index >= 15 is 0 Å². The molecule has 2 aromatic heterocycles. The number of hydrogen-bond acceptors (Lipinski definition) is 7. The Hall–Kier alpha value is -1.77. The average molecular weight is 364 g/mol. The summed E-state index contributed by atoms with van der Waals surface area (Å²) in [6.07, 6.45) is 5.87. The molecule has 1 N–H and O–H groups in total. The summed E-state index contributed by atoms with van der Waals surface area (Å²) in [4.78, 5) is 14.6. The molecular weight excluding hydrogens is 340 g/mol. The highest BCUT2D eigenvalue weighted by molar-refractivity contribution is 7.15. The molecule has 136 valence electrons. The lowest BCUT2D eigenvalue weighted by Gasteiger charge is -2.25. The Morgan fingerprint density at radius 2 is 2.16 bits per heavy atom. The number of carbonyl (C=O) groups excluding carboxylic acids is 1. The molecule has 3 heterocycles. The Morgan fingerprint density at radius 3 is 2.96 bits per heavy atom. The summed E-state index contributed by atoms with van der Waals surface area (Å²) in [5.74, 6) is 0.567. The molecule has 0 bridgehead atoms. The zero-order valence-corrected chi connectivity index (χ0v) is 15.3. The van der Waals surface area contributed by atoms with Gasteiger partial charge in [-0.15, -0.1) is 10.2 Å². The molecule has 0 atom stereocenters. The third-order valence-corrected chi connectivity index (χ3v) is 4.98. The lowest BCUT2D eigenvalue weighted by atomic mass is 10.2. The van der Waals surface area contributed by atoms with E-state index in [2.05, 4.69) is 27.3 Å². The Bertz CT molecular complexity index is 679. The minimum absolute atomic E-state index is 0.215. The average Bonchev–Trinajstić information content (AvgIpc) is 3.26. The first-order chi connectivity index (χ1) is 12.2. The molecule has 0 saturated carbocycles. The van der Waals surface area contributed by atoms with E-state index in [1.165, 1.54) is 30.4 Å². The molecule has 3 rings (SSSR count). The van der Waals surface area contributed by atoms with Crippen molar-refractivity contribution < 1.29 is 13.9 Å². The van der Waals surface area contributed by atoms with Gasteiger partial charge in [-0.3, -0.25) is 15.0 Å². The molecule has 8 heteroatoms. The van der Waals surface area contributed by atoms with E-state index in [4.69, 9.17) is 9.15 Å². The van der Waals surface area contributed by atoms with E-state index in [0.29, 0.717) is 17.2 Å². The molecular formula is C17H24N4O3S. The van der Waals surface area contributed by atoms with Crippen molar-refractivity contribution in [3.63, 3.8) is 0 Å². The summed E-state index contributed by atoms with van der Waals surface area (Å²) in [6.45, 7) is 6.11. The molecule has 2 aromatic rings. The molecule has 0 unspecified atom stereocenters. The van der Waals surface area contributed by atoms with Crippen LogP contribution in [0, 0.1) is 0 Å². The third kappa shape index (κ3) is 5.35. The Morgan fingerprint density at radius 1 is 1.32 bits per heavy atom. The molecule has 0 aromatic carbocycles. The Kier molecular flexibility index (Phi) is 6.55. The number of amides is 1. The maximum Gasteiger partial charge on any atom is 0.260 e. The number of rotatable bonds is 8. The van der Waals surface area contributed by atoms with Gasteiger partial charge in [-0.1, -0.05) is 31.1 Å². The topological polar surface area (TPSA) is 80.5 Å². The molecule has 0 aliphatic carbocycles. The van der Waals surface area contributed by atoms with Crippen LogP contribution in [0.3, 0.4) is 0 Å². The summed E-state index contributed by atoms with van der Waals surface area (Å²) in [5.41, 5.74) is 0.506. The van der Waals surface area contributed by atoms with Gasteiger partial charge < -0.3 is 9.15 Å². The summed E-state index contributed by atoms with van der Waals surface area (Å²) in [6, 6.07) is 1.79. The van der Waals surface area contributed by atoms with Gasteiger partial charge in [0.05, 0.1) is 25.3 Å². The van der Waals surface area contributed by atoms with Crippen molar-refractivity contribution in [3.05, 3.63) is 28.7 Å². The Balaban J connectivity index is 1.51. The number of carbonyl (C=O) groups is 1. The van der Waals surface area contributed by atoms with E-state index in [0.717, 1.165) is 49.9 Å². The van der Waals surface area contributed by atoms with Gasteiger partial charge in [0.2, 0.25) is 5.13 Å². The van der Waals surface area contributed by atoms with Crippen LogP contribution in [0.15, 0.2) is 16.7 Å². The van der Waals surface area contributed by atoms with Crippen molar-refractivity contribution >= 4 is 22.4 Å². The number of aromatic nitrogens is 2. The molecule has 25 heavy (non-hydrogen) atoms. The first kappa shape index (κ1) is 18.0. The predicted octanol–water partition coefficient (Wildman–Crippen LogP) is 2.95. The van der Waals surface area contributed by atoms with Crippen molar-refractivity contribution in [2.45, 2.75) is 39.2 Å². The highest BCUT2D eigenvalue weighted by Gasteiger charge is 2.16. The fourth-order valence-corrected chi connectivity index (χ4v) is 3.44. The number of nitrogens with zero attached hydrogens (tertiary/aromatic N) is 3. The number of furan rings is 1. The van der Waals surface area contributed by atoms with Crippen molar-refractivity contribution in [1.29, 1.82) is 0 Å². The highest BCUT2D eigenvalue weighted by Crippen LogP contribution is 2.19. The normalized spacial score (nSPS) is 15.4. The van der Waals surface area contributed by atoms with Crippen LogP contribution in [0.25, 0.3) is 0 Å². The van der Waals surface area contributed by atoms with E-state index in [1.807, 2.05) is 0 Å². The first-order valence-corrected chi connectivity index (χ1v) is 9.57. The van der Waals surface area contributed by atoms with Crippen LogP contribution in [0.1, 0.15) is 47.3 Å². The second kappa shape index (κ2) is 9.07. The van der Waals surface area contributed by atoms with Crippen LogP contribution in [0.2, 0.25) is 0 Å². The van der Waals surface area contributed by atoms with Gasteiger partial charge in [-0.05, 0) is 12.5 Å². The summed E-state index contributed by atoms with van der Waals surface area (Å²) in [7, 11) is 0. The number of hydrogen-bond donors (Lipinski definition) is 1. The number of anilines is 1. The number of aryl methyl sites for hydroxylation is 1.